The Morgan fingerprint density at radius 2 is 2.35 bits per heavy atom. The second-order valence-electron chi connectivity index (χ2n) is 5.29. The molecule has 0 spiro atoms. The molecule has 3 aromatic rings. The normalized spacial score (nSPS) is 17.6. The molecule has 1 aliphatic rings. The smallest absolute Gasteiger partial charge is 0.317 e. The van der Waals surface area contributed by atoms with Gasteiger partial charge in [0.1, 0.15) is 10.7 Å². The van der Waals surface area contributed by atoms with Gasteiger partial charge in [-0.15, -0.1) is 22.7 Å². The van der Waals surface area contributed by atoms with Gasteiger partial charge in [-0.05, 0) is 24.3 Å². The molecule has 3 aromatic heterocycles. The van der Waals surface area contributed by atoms with Crippen molar-refractivity contribution in [3.8, 4) is 10.7 Å². The van der Waals surface area contributed by atoms with Crippen LogP contribution in [-0.4, -0.2) is 32.7 Å². The number of carbonyl (C=O) groups excluding carboxylic acids is 1. The molecule has 6 nitrogen and oxygen atoms in total. The summed E-state index contributed by atoms with van der Waals surface area (Å²) >= 11 is 3.21. The van der Waals surface area contributed by atoms with Crippen molar-refractivity contribution in [2.75, 3.05) is 11.9 Å². The molecule has 0 bridgehead atoms. The first-order chi connectivity index (χ1) is 11.3. The van der Waals surface area contributed by atoms with E-state index in [2.05, 4.69) is 31.9 Å². The highest BCUT2D eigenvalue weighted by atomic mass is 32.1. The lowest BCUT2D eigenvalue weighted by molar-refractivity contribution is 0.208. The van der Waals surface area contributed by atoms with E-state index in [4.69, 9.17) is 0 Å². The molecule has 8 heteroatoms. The van der Waals surface area contributed by atoms with Crippen molar-refractivity contribution in [3.05, 3.63) is 40.2 Å². The molecule has 0 aromatic carbocycles. The first-order valence-electron chi connectivity index (χ1n) is 7.37. The number of nitrogens with one attached hydrogen (secondary N) is 2. The number of amides is 2. The molecule has 23 heavy (non-hydrogen) atoms. The van der Waals surface area contributed by atoms with Crippen LogP contribution in [0.3, 0.4) is 0 Å². The van der Waals surface area contributed by atoms with Crippen LogP contribution in [0.15, 0.2) is 35.3 Å². The van der Waals surface area contributed by atoms with Gasteiger partial charge in [-0.2, -0.15) is 5.10 Å². The van der Waals surface area contributed by atoms with Crippen molar-refractivity contribution in [2.45, 2.75) is 18.9 Å². The third kappa shape index (κ3) is 2.75. The highest BCUT2D eigenvalue weighted by Crippen LogP contribution is 2.35. The Hall–Kier alpha value is -2.19. The van der Waals surface area contributed by atoms with Gasteiger partial charge < -0.3 is 10.2 Å². The molecule has 2 amide bonds. The van der Waals surface area contributed by atoms with E-state index in [1.165, 1.54) is 16.2 Å². The van der Waals surface area contributed by atoms with Gasteiger partial charge in [0, 0.05) is 23.0 Å². The zero-order valence-electron chi connectivity index (χ0n) is 12.2. The Morgan fingerprint density at radius 3 is 3.13 bits per heavy atom. The highest BCUT2D eigenvalue weighted by molar-refractivity contribution is 7.13. The Kier molecular flexibility index (Phi) is 3.84. The highest BCUT2D eigenvalue weighted by Gasteiger charge is 2.31. The van der Waals surface area contributed by atoms with Gasteiger partial charge in [-0.25, -0.2) is 9.78 Å². The summed E-state index contributed by atoms with van der Waals surface area (Å²) in [6.45, 7) is 0.777. The molecule has 1 aliphatic heterocycles. The largest absolute Gasteiger partial charge is 0.322 e. The van der Waals surface area contributed by atoms with Gasteiger partial charge in [0.25, 0.3) is 0 Å². The summed E-state index contributed by atoms with van der Waals surface area (Å²) in [5.41, 5.74) is 1.42. The van der Waals surface area contributed by atoms with E-state index in [9.17, 15) is 4.79 Å². The minimum absolute atomic E-state index is 0.0832. The van der Waals surface area contributed by atoms with Gasteiger partial charge in [0.2, 0.25) is 0 Å². The lowest BCUT2D eigenvalue weighted by Gasteiger charge is -2.24. The molecule has 118 valence electrons. The molecule has 4 heterocycles. The fourth-order valence-corrected chi connectivity index (χ4v) is 4.38. The predicted molar refractivity (Wildman–Crippen MR) is 91.7 cm³/mol. The summed E-state index contributed by atoms with van der Waals surface area (Å²) in [4.78, 5) is 20.1. The van der Waals surface area contributed by atoms with Crippen molar-refractivity contribution >= 4 is 34.4 Å². The van der Waals surface area contributed by atoms with E-state index in [1.54, 1.807) is 23.7 Å². The third-order valence-corrected chi connectivity index (χ3v) is 5.68. The molecular weight excluding hydrogens is 330 g/mol. The van der Waals surface area contributed by atoms with Crippen molar-refractivity contribution < 1.29 is 4.79 Å². The predicted octanol–water partition coefficient (Wildman–Crippen LogP) is 3.96. The Morgan fingerprint density at radius 1 is 1.39 bits per heavy atom. The van der Waals surface area contributed by atoms with Gasteiger partial charge in [-0.1, -0.05) is 6.07 Å². The van der Waals surface area contributed by atoms with Crippen LogP contribution < -0.4 is 5.32 Å². The maximum Gasteiger partial charge on any atom is 0.322 e. The van der Waals surface area contributed by atoms with Crippen molar-refractivity contribution in [1.82, 2.24) is 20.1 Å². The van der Waals surface area contributed by atoms with Gasteiger partial charge in [0.05, 0.1) is 17.9 Å². The summed E-state index contributed by atoms with van der Waals surface area (Å²) in [6.07, 6.45) is 5.41. The van der Waals surface area contributed by atoms with Crippen LogP contribution in [0.4, 0.5) is 10.5 Å². The maximum absolute atomic E-state index is 12.7. The van der Waals surface area contributed by atoms with Crippen LogP contribution in [0.25, 0.3) is 10.7 Å². The number of aromatic nitrogens is 3. The van der Waals surface area contributed by atoms with Crippen molar-refractivity contribution in [1.29, 1.82) is 0 Å². The number of thiophene rings is 1. The summed E-state index contributed by atoms with van der Waals surface area (Å²) in [5.74, 6) is 0. The lowest BCUT2D eigenvalue weighted by Crippen LogP contribution is -2.34. The zero-order chi connectivity index (χ0) is 15.6. The number of urea groups is 1. The zero-order valence-corrected chi connectivity index (χ0v) is 13.9. The summed E-state index contributed by atoms with van der Waals surface area (Å²) < 4.78 is 0. The summed E-state index contributed by atoms with van der Waals surface area (Å²) in [6, 6.07) is 4.22. The van der Waals surface area contributed by atoms with E-state index in [1.807, 2.05) is 16.3 Å². The molecule has 1 atom stereocenters. The topological polar surface area (TPSA) is 73.9 Å². The quantitative estimate of drug-likeness (QED) is 0.754. The lowest BCUT2D eigenvalue weighted by atomic mass is 10.2. The summed E-state index contributed by atoms with van der Waals surface area (Å²) in [7, 11) is 0. The van der Waals surface area contributed by atoms with Crippen molar-refractivity contribution in [3.63, 3.8) is 0 Å². The van der Waals surface area contributed by atoms with E-state index in [-0.39, 0.29) is 12.1 Å². The number of hydrogen-bond acceptors (Lipinski definition) is 5. The average Bonchev–Trinajstić information content (AvgIpc) is 3.31. The van der Waals surface area contributed by atoms with Crippen LogP contribution in [0.1, 0.15) is 23.8 Å². The van der Waals surface area contributed by atoms with Gasteiger partial charge in [0.15, 0.2) is 0 Å². The first-order valence-corrected chi connectivity index (χ1v) is 9.13. The number of H-pyrrole nitrogens is 1. The summed E-state index contributed by atoms with van der Waals surface area (Å²) in [5, 5.41) is 14.7. The van der Waals surface area contributed by atoms with Crippen LogP contribution in [0, 0.1) is 0 Å². The number of aromatic amines is 1. The maximum atomic E-state index is 12.7. The van der Waals surface area contributed by atoms with Crippen LogP contribution in [0.2, 0.25) is 0 Å². The number of nitrogens with zero attached hydrogens (tertiary/aromatic N) is 3. The second kappa shape index (κ2) is 6.13. The van der Waals surface area contributed by atoms with E-state index in [0.29, 0.717) is 5.69 Å². The van der Waals surface area contributed by atoms with E-state index >= 15 is 0 Å². The molecule has 0 radical (unpaired) electrons. The number of thiazole rings is 1. The van der Waals surface area contributed by atoms with Crippen LogP contribution in [0.5, 0.6) is 0 Å². The number of carbonyl (C=O) groups is 1. The Bertz CT molecular complexity index is 781. The molecular formula is C15H15N5OS2. The number of likely N-dealkylation sites (tertiary alicyclic amines) is 1. The average molecular weight is 345 g/mol. The molecule has 1 saturated heterocycles. The molecule has 2 N–H and O–H groups in total. The number of hydrogen-bond donors (Lipinski definition) is 2. The first kappa shape index (κ1) is 14.4. The SMILES string of the molecule is O=C(Nc1cn[nH]c1-c1nccs1)N1CCC[C@@H]1c1cccs1. The van der Waals surface area contributed by atoms with Crippen LogP contribution in [-0.2, 0) is 0 Å². The minimum atomic E-state index is -0.0832. The van der Waals surface area contributed by atoms with E-state index in [0.717, 1.165) is 30.1 Å². The Balaban J connectivity index is 1.53. The standard InChI is InChI=1S/C15H15N5OS2/c21-15(20-6-1-3-11(20)12-4-2-7-22-12)18-10-9-17-19-13(10)14-16-5-8-23-14/h2,4-5,7-9,11H,1,3,6H2,(H,17,19)(H,18,21)/t11-/m1/s1. The number of rotatable bonds is 3. The molecule has 0 aliphatic carbocycles. The molecule has 1 fully saturated rings. The second-order valence-corrected chi connectivity index (χ2v) is 7.17. The van der Waals surface area contributed by atoms with Crippen molar-refractivity contribution in [2.24, 2.45) is 0 Å². The monoisotopic (exact) mass is 345 g/mol. The molecule has 0 unspecified atom stereocenters. The molecule has 0 saturated carbocycles. The third-order valence-electron chi connectivity index (χ3n) is 3.91. The van der Waals surface area contributed by atoms with Crippen LogP contribution >= 0.6 is 22.7 Å². The Labute approximate surface area is 141 Å². The number of anilines is 1. The van der Waals surface area contributed by atoms with E-state index < -0.39 is 0 Å². The van der Waals surface area contributed by atoms with Gasteiger partial charge >= 0.3 is 6.03 Å². The minimum Gasteiger partial charge on any atom is -0.317 e. The fraction of sp³-hybridized carbons (Fsp3) is 0.267. The van der Waals surface area contributed by atoms with Gasteiger partial charge in [-0.3, -0.25) is 5.10 Å². The fourth-order valence-electron chi connectivity index (χ4n) is 2.86. The molecule has 4 rings (SSSR count).